The van der Waals surface area contributed by atoms with E-state index in [2.05, 4.69) is 17.9 Å². The number of nitrogens with one attached hydrogen (secondary N) is 1. The van der Waals surface area contributed by atoms with Crippen molar-refractivity contribution in [3.05, 3.63) is 29.8 Å². The highest BCUT2D eigenvalue weighted by molar-refractivity contribution is 7.81. The van der Waals surface area contributed by atoms with Gasteiger partial charge in [0.2, 0.25) is 0 Å². The molecule has 0 heterocycles. The van der Waals surface area contributed by atoms with Crippen molar-refractivity contribution >= 4 is 24.3 Å². The van der Waals surface area contributed by atoms with Gasteiger partial charge in [-0.15, -0.1) is 0 Å². The van der Waals surface area contributed by atoms with Gasteiger partial charge in [-0.05, 0) is 24.6 Å². The summed E-state index contributed by atoms with van der Waals surface area (Å²) in [7, 11) is 0. The van der Waals surface area contributed by atoms with Crippen LogP contribution in [0.3, 0.4) is 0 Å². The van der Waals surface area contributed by atoms with Crippen molar-refractivity contribution in [3.8, 4) is 0 Å². The third kappa shape index (κ3) is 5.13. The molecular formula is C13H19NO2S. The van der Waals surface area contributed by atoms with Crippen LogP contribution < -0.4 is 5.32 Å². The molecule has 0 saturated heterocycles. The van der Waals surface area contributed by atoms with Crippen LogP contribution in [0.4, 0.5) is 5.69 Å². The van der Waals surface area contributed by atoms with Crippen LogP contribution in [-0.2, 0) is 16.1 Å². The number of ether oxygens (including phenoxy) is 1. The average Bonchev–Trinajstić information content (AvgIpc) is 2.26. The molecule has 0 bridgehead atoms. The maximum Gasteiger partial charge on any atom is 0.308 e. The van der Waals surface area contributed by atoms with Gasteiger partial charge in [-0.25, -0.2) is 0 Å². The van der Waals surface area contributed by atoms with Crippen LogP contribution in [0.5, 0.6) is 0 Å². The molecule has 0 aliphatic rings. The molecule has 0 fully saturated rings. The van der Waals surface area contributed by atoms with Gasteiger partial charge in [0.05, 0.1) is 11.3 Å². The van der Waals surface area contributed by atoms with E-state index in [1.54, 1.807) is 0 Å². The first-order chi connectivity index (χ1) is 7.99. The van der Waals surface area contributed by atoms with Crippen molar-refractivity contribution < 1.29 is 9.53 Å². The molecule has 0 aromatic heterocycles. The minimum atomic E-state index is -0.170. The molecule has 1 aromatic carbocycles. The van der Waals surface area contributed by atoms with E-state index >= 15 is 0 Å². The van der Waals surface area contributed by atoms with Crippen molar-refractivity contribution in [1.29, 1.82) is 0 Å². The normalized spacial score (nSPS) is 12.3. The van der Waals surface area contributed by atoms with Crippen LogP contribution in [0.2, 0.25) is 0 Å². The minimum absolute atomic E-state index is 0.0824. The zero-order valence-corrected chi connectivity index (χ0v) is 11.3. The average molecular weight is 253 g/mol. The molecule has 1 aromatic rings. The topological polar surface area (TPSA) is 38.3 Å². The van der Waals surface area contributed by atoms with E-state index in [0.29, 0.717) is 6.61 Å². The monoisotopic (exact) mass is 253 g/mol. The number of hydrogen-bond acceptors (Lipinski definition) is 4. The van der Waals surface area contributed by atoms with Crippen molar-refractivity contribution in [2.75, 3.05) is 5.32 Å². The predicted octanol–water partition coefficient (Wildman–Crippen LogP) is 3.07. The molecule has 3 nitrogen and oxygen atoms in total. The van der Waals surface area contributed by atoms with Crippen molar-refractivity contribution in [3.63, 3.8) is 0 Å². The van der Waals surface area contributed by atoms with Gasteiger partial charge in [0.25, 0.3) is 0 Å². The molecule has 1 N–H and O–H groups in total. The molecule has 17 heavy (non-hydrogen) atoms. The number of rotatable bonds is 5. The van der Waals surface area contributed by atoms with Crippen LogP contribution in [0.1, 0.15) is 26.3 Å². The minimum Gasteiger partial charge on any atom is -0.461 e. The second-order valence-corrected chi connectivity index (χ2v) is 5.05. The van der Waals surface area contributed by atoms with E-state index < -0.39 is 0 Å². The summed E-state index contributed by atoms with van der Waals surface area (Å²) in [6.07, 6.45) is 0. The summed E-state index contributed by atoms with van der Waals surface area (Å²) < 4.78 is 5.14. The van der Waals surface area contributed by atoms with Gasteiger partial charge in [0.15, 0.2) is 0 Å². The standard InChI is InChI=1S/C13H19NO2S/c1-9(2)13(15)16-8-11-4-6-12(7-5-11)14-10(3)17/h4-7,9-10,14,17H,8H2,1-3H3. The molecule has 94 valence electrons. The predicted molar refractivity (Wildman–Crippen MR) is 73.1 cm³/mol. The van der Waals surface area contributed by atoms with Crippen molar-refractivity contribution in [2.45, 2.75) is 32.8 Å². The number of carbonyl (C=O) groups is 1. The van der Waals surface area contributed by atoms with Crippen molar-refractivity contribution in [1.82, 2.24) is 0 Å². The molecule has 4 heteroatoms. The van der Waals surface area contributed by atoms with E-state index in [9.17, 15) is 4.79 Å². The Kier molecular flexibility index (Phi) is 5.35. The fourth-order valence-corrected chi connectivity index (χ4v) is 1.41. The SMILES string of the molecule is CC(S)Nc1ccc(COC(=O)C(C)C)cc1. The molecule has 0 radical (unpaired) electrons. The fourth-order valence-electron chi connectivity index (χ4n) is 1.26. The van der Waals surface area contributed by atoms with Gasteiger partial charge in [-0.2, -0.15) is 12.6 Å². The summed E-state index contributed by atoms with van der Waals surface area (Å²) in [5.74, 6) is -0.253. The van der Waals surface area contributed by atoms with Gasteiger partial charge >= 0.3 is 5.97 Å². The summed E-state index contributed by atoms with van der Waals surface area (Å²) in [6.45, 7) is 5.93. The first-order valence-corrected chi connectivity index (χ1v) is 6.21. The molecule has 0 saturated carbocycles. The Balaban J connectivity index is 2.48. The Labute approximate surface area is 108 Å². The summed E-state index contributed by atoms with van der Waals surface area (Å²) in [5.41, 5.74) is 1.99. The van der Waals surface area contributed by atoms with Crippen LogP contribution in [0.25, 0.3) is 0 Å². The van der Waals surface area contributed by atoms with Gasteiger partial charge in [-0.1, -0.05) is 26.0 Å². The molecule has 0 aliphatic heterocycles. The quantitative estimate of drug-likeness (QED) is 0.481. The van der Waals surface area contributed by atoms with Gasteiger partial charge in [-0.3, -0.25) is 4.79 Å². The summed E-state index contributed by atoms with van der Waals surface area (Å²) in [5, 5.41) is 3.28. The first kappa shape index (κ1) is 13.9. The molecular weight excluding hydrogens is 234 g/mol. The molecule has 1 rings (SSSR count). The summed E-state index contributed by atoms with van der Waals surface area (Å²) in [6, 6.07) is 7.77. The molecule has 1 atom stereocenters. The summed E-state index contributed by atoms with van der Waals surface area (Å²) >= 11 is 4.25. The maximum atomic E-state index is 11.3. The van der Waals surface area contributed by atoms with E-state index in [-0.39, 0.29) is 17.3 Å². The molecule has 0 amide bonds. The van der Waals surface area contributed by atoms with Crippen molar-refractivity contribution in [2.24, 2.45) is 5.92 Å². The third-order valence-electron chi connectivity index (χ3n) is 2.18. The smallest absolute Gasteiger partial charge is 0.308 e. The lowest BCUT2D eigenvalue weighted by molar-refractivity contribution is -0.148. The third-order valence-corrected chi connectivity index (χ3v) is 2.31. The van der Waals surface area contributed by atoms with E-state index in [1.807, 2.05) is 45.0 Å². The number of anilines is 1. The number of esters is 1. The zero-order valence-electron chi connectivity index (χ0n) is 10.4. The van der Waals surface area contributed by atoms with Crippen LogP contribution >= 0.6 is 12.6 Å². The van der Waals surface area contributed by atoms with Crippen LogP contribution in [0.15, 0.2) is 24.3 Å². The number of thiol groups is 1. The molecule has 0 spiro atoms. The number of benzene rings is 1. The first-order valence-electron chi connectivity index (χ1n) is 5.69. The van der Waals surface area contributed by atoms with Crippen LogP contribution in [0, 0.1) is 5.92 Å². The number of carbonyl (C=O) groups excluding carboxylic acids is 1. The lowest BCUT2D eigenvalue weighted by atomic mass is 10.2. The maximum absolute atomic E-state index is 11.3. The highest BCUT2D eigenvalue weighted by Crippen LogP contribution is 2.12. The lowest BCUT2D eigenvalue weighted by Crippen LogP contribution is -2.11. The largest absolute Gasteiger partial charge is 0.461 e. The fraction of sp³-hybridized carbons (Fsp3) is 0.462. The number of hydrogen-bond donors (Lipinski definition) is 2. The van der Waals surface area contributed by atoms with Crippen LogP contribution in [-0.4, -0.2) is 11.3 Å². The molecule has 0 aliphatic carbocycles. The van der Waals surface area contributed by atoms with E-state index in [0.717, 1.165) is 11.3 Å². The lowest BCUT2D eigenvalue weighted by Gasteiger charge is -2.10. The zero-order chi connectivity index (χ0) is 12.8. The van der Waals surface area contributed by atoms with E-state index in [1.165, 1.54) is 0 Å². The highest BCUT2D eigenvalue weighted by Gasteiger charge is 2.08. The molecule has 1 unspecified atom stereocenters. The Bertz CT molecular complexity index is 360. The second kappa shape index (κ2) is 6.55. The Morgan fingerprint density at radius 3 is 2.35 bits per heavy atom. The van der Waals surface area contributed by atoms with Gasteiger partial charge < -0.3 is 10.1 Å². The summed E-state index contributed by atoms with van der Waals surface area (Å²) in [4.78, 5) is 11.3. The second-order valence-electron chi connectivity index (χ2n) is 4.28. The Hall–Kier alpha value is -1.16. The Morgan fingerprint density at radius 1 is 1.29 bits per heavy atom. The van der Waals surface area contributed by atoms with Gasteiger partial charge in [0.1, 0.15) is 6.61 Å². The van der Waals surface area contributed by atoms with Gasteiger partial charge in [0, 0.05) is 5.69 Å². The van der Waals surface area contributed by atoms with E-state index in [4.69, 9.17) is 4.74 Å². The highest BCUT2D eigenvalue weighted by atomic mass is 32.1. The Morgan fingerprint density at radius 2 is 1.88 bits per heavy atom.